The third kappa shape index (κ3) is 4.16. The lowest BCUT2D eigenvalue weighted by Gasteiger charge is -2.31. The molecule has 1 aromatic carbocycles. The lowest BCUT2D eigenvalue weighted by atomic mass is 9.93. The van der Waals surface area contributed by atoms with E-state index in [0.717, 1.165) is 43.7 Å². The zero-order valence-corrected chi connectivity index (χ0v) is 17.0. The Kier molecular flexibility index (Phi) is 5.85. The second-order valence-electron chi connectivity index (χ2n) is 7.64. The molecule has 0 spiro atoms. The van der Waals surface area contributed by atoms with Crippen molar-refractivity contribution in [1.29, 1.82) is 0 Å². The van der Waals surface area contributed by atoms with Crippen LogP contribution in [0.5, 0.6) is 5.75 Å². The molecular formula is C21H30N4O2. The number of piperidine rings is 1. The van der Waals surface area contributed by atoms with Crippen molar-refractivity contribution in [1.82, 2.24) is 19.6 Å². The van der Waals surface area contributed by atoms with E-state index in [0.29, 0.717) is 17.2 Å². The molecule has 2 aromatic rings. The fraction of sp³-hybridized carbons (Fsp3) is 0.524. The summed E-state index contributed by atoms with van der Waals surface area (Å²) >= 11 is 0. The second kappa shape index (κ2) is 8.13. The minimum atomic E-state index is 0.0586. The lowest BCUT2D eigenvalue weighted by molar-refractivity contribution is 0.0708. The molecule has 1 aromatic heterocycles. The fourth-order valence-corrected chi connectivity index (χ4v) is 3.84. The number of hydrogen-bond donors (Lipinski definition) is 0. The van der Waals surface area contributed by atoms with Crippen LogP contribution in [0.15, 0.2) is 24.3 Å². The Labute approximate surface area is 161 Å². The SMILES string of the molecule is COc1c(C)cccc1C(=O)N1CCC(c2cc(CN(C)C)n(C)n2)CC1. The number of nitrogens with zero attached hydrogens (tertiary/aromatic N) is 4. The molecule has 0 bridgehead atoms. The van der Waals surface area contributed by atoms with Crippen LogP contribution in [0.25, 0.3) is 0 Å². The summed E-state index contributed by atoms with van der Waals surface area (Å²) in [6.45, 7) is 4.35. The number of benzene rings is 1. The van der Waals surface area contributed by atoms with Crippen LogP contribution >= 0.6 is 0 Å². The first-order valence-electron chi connectivity index (χ1n) is 9.51. The quantitative estimate of drug-likeness (QED) is 0.812. The zero-order valence-electron chi connectivity index (χ0n) is 17.0. The molecule has 1 fully saturated rings. The van der Waals surface area contributed by atoms with Gasteiger partial charge in [0.05, 0.1) is 24.1 Å². The first kappa shape index (κ1) is 19.4. The summed E-state index contributed by atoms with van der Waals surface area (Å²) in [6.07, 6.45) is 1.89. The predicted octanol–water partition coefficient (Wildman–Crippen LogP) is 2.82. The highest BCUT2D eigenvalue weighted by atomic mass is 16.5. The van der Waals surface area contributed by atoms with Crippen molar-refractivity contribution < 1.29 is 9.53 Å². The molecular weight excluding hydrogens is 340 g/mol. The molecule has 0 aliphatic carbocycles. The molecule has 3 rings (SSSR count). The third-order valence-electron chi connectivity index (χ3n) is 5.32. The van der Waals surface area contributed by atoms with Crippen LogP contribution < -0.4 is 4.74 Å². The van der Waals surface area contributed by atoms with Gasteiger partial charge < -0.3 is 14.5 Å². The Hall–Kier alpha value is -2.34. The topological polar surface area (TPSA) is 50.6 Å². The van der Waals surface area contributed by atoms with Gasteiger partial charge in [0.1, 0.15) is 5.75 Å². The summed E-state index contributed by atoms with van der Waals surface area (Å²) in [4.78, 5) is 17.1. The van der Waals surface area contributed by atoms with E-state index in [1.165, 1.54) is 5.69 Å². The number of aryl methyl sites for hydroxylation is 2. The monoisotopic (exact) mass is 370 g/mol. The Morgan fingerprint density at radius 2 is 2.00 bits per heavy atom. The molecule has 6 nitrogen and oxygen atoms in total. The number of likely N-dealkylation sites (tertiary alicyclic amines) is 1. The molecule has 146 valence electrons. The average Bonchev–Trinajstić information content (AvgIpc) is 3.01. The van der Waals surface area contributed by atoms with E-state index in [9.17, 15) is 4.79 Å². The summed E-state index contributed by atoms with van der Waals surface area (Å²) in [6, 6.07) is 7.95. The molecule has 0 N–H and O–H groups in total. The van der Waals surface area contributed by atoms with E-state index in [2.05, 4.69) is 25.1 Å². The van der Waals surface area contributed by atoms with Crippen LogP contribution in [0.2, 0.25) is 0 Å². The molecule has 0 atom stereocenters. The third-order valence-corrected chi connectivity index (χ3v) is 5.32. The highest BCUT2D eigenvalue weighted by Gasteiger charge is 2.28. The predicted molar refractivity (Wildman–Crippen MR) is 106 cm³/mol. The summed E-state index contributed by atoms with van der Waals surface area (Å²) in [7, 11) is 7.76. The van der Waals surface area contributed by atoms with Gasteiger partial charge >= 0.3 is 0 Å². The van der Waals surface area contributed by atoms with Gasteiger partial charge in [-0.3, -0.25) is 9.48 Å². The first-order valence-corrected chi connectivity index (χ1v) is 9.51. The number of para-hydroxylation sites is 1. The van der Waals surface area contributed by atoms with Gasteiger partial charge in [0.15, 0.2) is 0 Å². The van der Waals surface area contributed by atoms with Crippen LogP contribution in [0.1, 0.15) is 46.1 Å². The zero-order chi connectivity index (χ0) is 19.6. The summed E-state index contributed by atoms with van der Waals surface area (Å²) < 4.78 is 7.44. The van der Waals surface area contributed by atoms with Crippen LogP contribution in [-0.2, 0) is 13.6 Å². The number of carbonyl (C=O) groups excluding carboxylic acids is 1. The van der Waals surface area contributed by atoms with Gasteiger partial charge in [-0.2, -0.15) is 5.10 Å². The summed E-state index contributed by atoms with van der Waals surface area (Å²) in [5.41, 5.74) is 4.01. The van der Waals surface area contributed by atoms with Crippen molar-refractivity contribution >= 4 is 5.91 Å². The van der Waals surface area contributed by atoms with Crippen molar-refractivity contribution in [2.24, 2.45) is 7.05 Å². The Balaban J connectivity index is 1.67. The van der Waals surface area contributed by atoms with Gasteiger partial charge in [0, 0.05) is 32.6 Å². The lowest BCUT2D eigenvalue weighted by Crippen LogP contribution is -2.38. The minimum Gasteiger partial charge on any atom is -0.496 e. The molecule has 1 aliphatic rings. The maximum atomic E-state index is 13.0. The minimum absolute atomic E-state index is 0.0586. The van der Waals surface area contributed by atoms with E-state index in [4.69, 9.17) is 9.84 Å². The number of aromatic nitrogens is 2. The molecule has 6 heteroatoms. The molecule has 1 aliphatic heterocycles. The average molecular weight is 370 g/mol. The standard InChI is InChI=1S/C21H30N4O2/c1-15-7-6-8-18(20(15)27-5)21(26)25-11-9-16(10-12-25)19-13-17(14-23(2)3)24(4)22-19/h6-8,13,16H,9-12,14H2,1-5H3. The molecule has 1 saturated heterocycles. The van der Waals surface area contributed by atoms with Crippen molar-refractivity contribution in [2.75, 3.05) is 34.3 Å². The highest BCUT2D eigenvalue weighted by molar-refractivity contribution is 5.97. The number of ether oxygens (including phenoxy) is 1. The Bertz CT molecular complexity index is 805. The largest absolute Gasteiger partial charge is 0.496 e. The Morgan fingerprint density at radius 1 is 1.30 bits per heavy atom. The number of methoxy groups -OCH3 is 1. The van der Waals surface area contributed by atoms with Crippen LogP contribution in [0.4, 0.5) is 0 Å². The van der Waals surface area contributed by atoms with Crippen LogP contribution in [-0.4, -0.2) is 59.8 Å². The molecule has 2 heterocycles. The van der Waals surface area contributed by atoms with E-state index in [1.54, 1.807) is 7.11 Å². The van der Waals surface area contributed by atoms with E-state index in [-0.39, 0.29) is 5.91 Å². The van der Waals surface area contributed by atoms with Crippen molar-refractivity contribution in [3.8, 4) is 5.75 Å². The Morgan fingerprint density at radius 3 is 2.63 bits per heavy atom. The number of rotatable bonds is 5. The normalized spacial score (nSPS) is 15.4. The maximum Gasteiger partial charge on any atom is 0.257 e. The van der Waals surface area contributed by atoms with Gasteiger partial charge in [-0.25, -0.2) is 0 Å². The van der Waals surface area contributed by atoms with Crippen LogP contribution in [0, 0.1) is 6.92 Å². The molecule has 0 saturated carbocycles. The van der Waals surface area contributed by atoms with Crippen molar-refractivity contribution in [3.05, 3.63) is 46.8 Å². The first-order chi connectivity index (χ1) is 12.9. The maximum absolute atomic E-state index is 13.0. The van der Waals surface area contributed by atoms with Crippen molar-refractivity contribution in [3.63, 3.8) is 0 Å². The molecule has 0 radical (unpaired) electrons. The molecule has 0 unspecified atom stereocenters. The van der Waals surface area contributed by atoms with Gasteiger partial charge in [-0.05, 0) is 51.6 Å². The highest BCUT2D eigenvalue weighted by Crippen LogP contribution is 2.30. The summed E-state index contributed by atoms with van der Waals surface area (Å²) in [5.74, 6) is 1.15. The molecule has 1 amide bonds. The summed E-state index contributed by atoms with van der Waals surface area (Å²) in [5, 5.41) is 4.72. The van der Waals surface area contributed by atoms with Gasteiger partial charge in [0.25, 0.3) is 5.91 Å². The second-order valence-corrected chi connectivity index (χ2v) is 7.64. The molecule has 27 heavy (non-hydrogen) atoms. The van der Waals surface area contributed by atoms with E-state index in [1.807, 2.05) is 41.8 Å². The van der Waals surface area contributed by atoms with E-state index < -0.39 is 0 Å². The number of carbonyl (C=O) groups is 1. The number of hydrogen-bond acceptors (Lipinski definition) is 4. The van der Waals surface area contributed by atoms with E-state index >= 15 is 0 Å². The van der Waals surface area contributed by atoms with Gasteiger partial charge in [-0.1, -0.05) is 12.1 Å². The fourth-order valence-electron chi connectivity index (χ4n) is 3.84. The van der Waals surface area contributed by atoms with Crippen LogP contribution in [0.3, 0.4) is 0 Å². The smallest absolute Gasteiger partial charge is 0.257 e. The van der Waals surface area contributed by atoms with Gasteiger partial charge in [-0.15, -0.1) is 0 Å². The van der Waals surface area contributed by atoms with Gasteiger partial charge in [0.2, 0.25) is 0 Å². The van der Waals surface area contributed by atoms with Crippen molar-refractivity contribution in [2.45, 2.75) is 32.2 Å². The number of amides is 1.